The molecular formula is C27H36N4O5. The van der Waals surface area contributed by atoms with Gasteiger partial charge in [0.15, 0.2) is 0 Å². The predicted molar refractivity (Wildman–Crippen MR) is 138 cm³/mol. The normalized spacial score (nSPS) is 11.8. The Balaban J connectivity index is 1.76. The number of hydrogen-bond donors (Lipinski definition) is 5. The smallest absolute Gasteiger partial charge is 0.315 e. The van der Waals surface area contributed by atoms with E-state index in [4.69, 9.17) is 0 Å². The first-order valence-corrected chi connectivity index (χ1v) is 12.0. The van der Waals surface area contributed by atoms with E-state index in [0.29, 0.717) is 24.9 Å². The molecule has 1 atom stereocenters. The number of unbranched alkanes of at least 4 members (excludes halogenated alkanes) is 1. The number of benzene rings is 2. The Kier molecular flexibility index (Phi) is 10.9. The van der Waals surface area contributed by atoms with Crippen LogP contribution >= 0.6 is 0 Å². The summed E-state index contributed by atoms with van der Waals surface area (Å²) in [5.41, 5.74) is 2.37. The molecule has 0 saturated heterocycles. The van der Waals surface area contributed by atoms with Gasteiger partial charge in [0.25, 0.3) is 0 Å². The average molecular weight is 497 g/mol. The number of amides is 4. The van der Waals surface area contributed by atoms with E-state index in [9.17, 15) is 24.3 Å². The van der Waals surface area contributed by atoms with Gasteiger partial charge in [-0.1, -0.05) is 54.6 Å². The Morgan fingerprint density at radius 2 is 1.47 bits per heavy atom. The van der Waals surface area contributed by atoms with Gasteiger partial charge in [-0.15, -0.1) is 0 Å². The van der Waals surface area contributed by atoms with E-state index in [2.05, 4.69) is 21.3 Å². The predicted octanol–water partition coefficient (Wildman–Crippen LogP) is 3.37. The van der Waals surface area contributed by atoms with Crippen LogP contribution in [0.25, 0.3) is 11.1 Å². The fourth-order valence-electron chi connectivity index (χ4n) is 3.48. The summed E-state index contributed by atoms with van der Waals surface area (Å²) in [6.45, 7) is 5.86. The fraction of sp³-hybridized carbons (Fsp3) is 0.407. The number of urea groups is 1. The molecule has 0 spiro atoms. The Morgan fingerprint density at radius 3 is 2.08 bits per heavy atom. The summed E-state index contributed by atoms with van der Waals surface area (Å²) < 4.78 is 0. The minimum absolute atomic E-state index is 0.218. The van der Waals surface area contributed by atoms with Crippen molar-refractivity contribution in [3.8, 4) is 11.1 Å². The number of hydrogen-bond acceptors (Lipinski definition) is 4. The van der Waals surface area contributed by atoms with Crippen LogP contribution in [-0.4, -0.2) is 47.5 Å². The highest BCUT2D eigenvalue weighted by Gasteiger charge is 2.19. The second kappa shape index (κ2) is 13.9. The summed E-state index contributed by atoms with van der Waals surface area (Å²) in [7, 11) is 0. The summed E-state index contributed by atoms with van der Waals surface area (Å²) in [6, 6.07) is 16.2. The van der Waals surface area contributed by atoms with Gasteiger partial charge in [0.05, 0.1) is 19.0 Å². The number of carboxylic acids is 1. The van der Waals surface area contributed by atoms with Crippen LogP contribution in [-0.2, 0) is 14.4 Å². The molecule has 1 unspecified atom stereocenters. The highest BCUT2D eigenvalue weighted by molar-refractivity contribution is 5.85. The van der Waals surface area contributed by atoms with Crippen LogP contribution < -0.4 is 21.3 Å². The molecule has 0 fully saturated rings. The lowest BCUT2D eigenvalue weighted by Crippen LogP contribution is -2.46. The molecule has 2 aromatic rings. The van der Waals surface area contributed by atoms with E-state index in [1.807, 2.05) is 63.2 Å². The summed E-state index contributed by atoms with van der Waals surface area (Å²) in [5.74, 6) is -1.80. The van der Waals surface area contributed by atoms with Crippen molar-refractivity contribution in [2.45, 2.75) is 58.0 Å². The molecular weight excluding hydrogens is 460 g/mol. The van der Waals surface area contributed by atoms with Crippen LogP contribution in [0.3, 0.4) is 0 Å². The monoisotopic (exact) mass is 496 g/mol. The van der Waals surface area contributed by atoms with Gasteiger partial charge >= 0.3 is 12.0 Å². The molecule has 0 aliphatic rings. The van der Waals surface area contributed by atoms with Gasteiger partial charge in [0, 0.05) is 18.5 Å². The first-order valence-electron chi connectivity index (χ1n) is 12.0. The lowest BCUT2D eigenvalue weighted by molar-refractivity contribution is -0.138. The zero-order valence-electron chi connectivity index (χ0n) is 21.1. The largest absolute Gasteiger partial charge is 0.481 e. The lowest BCUT2D eigenvalue weighted by atomic mass is 9.99. The van der Waals surface area contributed by atoms with Crippen molar-refractivity contribution < 1.29 is 24.3 Å². The minimum Gasteiger partial charge on any atom is -0.481 e. The molecule has 0 saturated carbocycles. The van der Waals surface area contributed by atoms with Gasteiger partial charge in [-0.25, -0.2) is 4.79 Å². The topological polar surface area (TPSA) is 137 Å². The molecule has 2 aromatic carbocycles. The zero-order chi connectivity index (χ0) is 26.6. The molecule has 4 amide bonds. The van der Waals surface area contributed by atoms with Crippen LogP contribution in [0.15, 0.2) is 54.6 Å². The highest BCUT2D eigenvalue weighted by Crippen LogP contribution is 2.23. The summed E-state index contributed by atoms with van der Waals surface area (Å²) in [4.78, 5) is 47.5. The van der Waals surface area contributed by atoms with E-state index in [-0.39, 0.29) is 36.9 Å². The van der Waals surface area contributed by atoms with Crippen molar-refractivity contribution in [2.75, 3.05) is 13.1 Å². The second-order valence-electron chi connectivity index (χ2n) is 9.57. The van der Waals surface area contributed by atoms with Crippen molar-refractivity contribution in [3.63, 3.8) is 0 Å². The summed E-state index contributed by atoms with van der Waals surface area (Å²) >= 11 is 0. The van der Waals surface area contributed by atoms with E-state index in [0.717, 1.165) is 11.1 Å². The first kappa shape index (κ1) is 28.4. The number of rotatable bonds is 12. The van der Waals surface area contributed by atoms with Gasteiger partial charge in [0.2, 0.25) is 11.8 Å². The summed E-state index contributed by atoms with van der Waals surface area (Å²) in [6.07, 6.45) is 1.12. The number of carbonyl (C=O) groups excluding carboxylic acids is 3. The third-order valence-corrected chi connectivity index (χ3v) is 5.18. The van der Waals surface area contributed by atoms with Crippen molar-refractivity contribution in [1.29, 1.82) is 0 Å². The number of carboxylic acid groups (broad SMARTS) is 1. The van der Waals surface area contributed by atoms with E-state index in [1.165, 1.54) is 0 Å². The quantitative estimate of drug-likeness (QED) is 0.287. The van der Waals surface area contributed by atoms with Gasteiger partial charge in [0.1, 0.15) is 0 Å². The van der Waals surface area contributed by atoms with Crippen molar-refractivity contribution in [2.24, 2.45) is 0 Å². The van der Waals surface area contributed by atoms with E-state index < -0.39 is 17.9 Å². The molecule has 0 aliphatic carbocycles. The van der Waals surface area contributed by atoms with Gasteiger partial charge in [-0.3, -0.25) is 14.4 Å². The van der Waals surface area contributed by atoms with Crippen LogP contribution in [0.2, 0.25) is 0 Å². The van der Waals surface area contributed by atoms with Crippen molar-refractivity contribution in [3.05, 3.63) is 60.2 Å². The van der Waals surface area contributed by atoms with Crippen molar-refractivity contribution in [1.82, 2.24) is 21.3 Å². The molecule has 0 heterocycles. The average Bonchev–Trinajstić information content (AvgIpc) is 2.81. The first-order chi connectivity index (χ1) is 17.0. The standard InChI is InChI=1S/C27H36N4O5/c1-27(2,3)31-26(36)28-16-8-7-11-23(32)29-18-24(33)30-22(17-25(34)35)21-14-12-20(13-15-21)19-9-5-4-6-10-19/h4-6,9-10,12-15,22H,7-8,11,16-18H2,1-3H3,(H,29,32)(H,30,33)(H,34,35)(H2,28,31,36). The Morgan fingerprint density at radius 1 is 0.833 bits per heavy atom. The van der Waals surface area contributed by atoms with Crippen molar-refractivity contribution >= 4 is 23.8 Å². The van der Waals surface area contributed by atoms with Gasteiger partial charge in [-0.05, 0) is 50.3 Å². The molecule has 9 nitrogen and oxygen atoms in total. The third-order valence-electron chi connectivity index (χ3n) is 5.18. The molecule has 5 N–H and O–H groups in total. The van der Waals surface area contributed by atoms with Crippen LogP contribution in [0.5, 0.6) is 0 Å². The molecule has 0 aromatic heterocycles. The Bertz CT molecular complexity index is 1020. The van der Waals surface area contributed by atoms with Crippen LogP contribution in [0.4, 0.5) is 4.79 Å². The lowest BCUT2D eigenvalue weighted by Gasteiger charge is -2.20. The molecule has 0 radical (unpaired) electrons. The minimum atomic E-state index is -1.04. The highest BCUT2D eigenvalue weighted by atomic mass is 16.4. The molecule has 0 aliphatic heterocycles. The summed E-state index contributed by atoms with van der Waals surface area (Å²) in [5, 5.41) is 20.1. The third kappa shape index (κ3) is 11.0. The SMILES string of the molecule is CC(C)(C)NC(=O)NCCCCC(=O)NCC(=O)NC(CC(=O)O)c1ccc(-c2ccccc2)cc1. The van der Waals surface area contributed by atoms with Gasteiger partial charge < -0.3 is 26.4 Å². The van der Waals surface area contributed by atoms with Crippen LogP contribution in [0.1, 0.15) is 58.1 Å². The molecule has 194 valence electrons. The molecule has 0 bridgehead atoms. The van der Waals surface area contributed by atoms with Gasteiger partial charge in [-0.2, -0.15) is 0 Å². The number of aliphatic carboxylic acids is 1. The maximum Gasteiger partial charge on any atom is 0.315 e. The molecule has 2 rings (SSSR count). The second-order valence-corrected chi connectivity index (χ2v) is 9.57. The number of nitrogens with one attached hydrogen (secondary N) is 4. The van der Waals surface area contributed by atoms with E-state index in [1.54, 1.807) is 12.1 Å². The fourth-order valence-corrected chi connectivity index (χ4v) is 3.48. The Hall–Kier alpha value is -3.88. The molecule has 36 heavy (non-hydrogen) atoms. The Labute approximate surface area is 212 Å². The van der Waals surface area contributed by atoms with E-state index >= 15 is 0 Å². The van der Waals surface area contributed by atoms with Crippen LogP contribution in [0, 0.1) is 0 Å². The maximum absolute atomic E-state index is 12.4. The zero-order valence-corrected chi connectivity index (χ0v) is 21.1. The maximum atomic E-state index is 12.4. The number of carbonyl (C=O) groups is 4. The molecule has 9 heteroatoms.